The number of anilines is 1. The van der Waals surface area contributed by atoms with Gasteiger partial charge >= 0.3 is 0 Å². The minimum Gasteiger partial charge on any atom is -0.266 e. The molecule has 1 aliphatic rings. The van der Waals surface area contributed by atoms with Gasteiger partial charge in [-0.2, -0.15) is 0 Å². The van der Waals surface area contributed by atoms with Crippen molar-refractivity contribution in [3.05, 3.63) is 53.6 Å². The molecule has 0 unspecified atom stereocenters. The van der Waals surface area contributed by atoms with Gasteiger partial charge in [-0.05, 0) is 49.6 Å². The van der Waals surface area contributed by atoms with Crippen LogP contribution in [0, 0.1) is 6.92 Å². The maximum absolute atomic E-state index is 13.0. The zero-order valence-electron chi connectivity index (χ0n) is 13.6. The fraction of sp³-hybridized carbons (Fsp3) is 0.294. The van der Waals surface area contributed by atoms with Crippen LogP contribution in [-0.2, 0) is 26.3 Å². The second-order valence-corrected chi connectivity index (χ2v) is 9.94. The number of sulfonamides is 1. The molecule has 2 aromatic carbocycles. The van der Waals surface area contributed by atoms with E-state index in [2.05, 4.69) is 0 Å². The summed E-state index contributed by atoms with van der Waals surface area (Å²) in [6.45, 7) is 2.37. The van der Waals surface area contributed by atoms with Crippen LogP contribution in [0.2, 0.25) is 0 Å². The lowest BCUT2D eigenvalue weighted by molar-refractivity contribution is 0.586. The van der Waals surface area contributed by atoms with Crippen molar-refractivity contribution in [3.63, 3.8) is 0 Å². The predicted molar refractivity (Wildman–Crippen MR) is 93.6 cm³/mol. The molecule has 1 heterocycles. The van der Waals surface area contributed by atoms with Crippen molar-refractivity contribution in [2.24, 2.45) is 0 Å². The Hall–Kier alpha value is -1.86. The molecule has 0 aromatic heterocycles. The van der Waals surface area contributed by atoms with E-state index < -0.39 is 19.9 Å². The molecule has 0 fully saturated rings. The van der Waals surface area contributed by atoms with E-state index in [0.717, 1.165) is 30.2 Å². The van der Waals surface area contributed by atoms with Crippen LogP contribution in [0.5, 0.6) is 0 Å². The standard InChI is InChI=1S/C17H19NO4S2/c1-13-8-9-17-14(11-13)5-4-10-18(17)24(21,22)16-7-3-6-15(12-16)23(2,19)20/h3,6-9,11-12H,4-5,10H2,1-2H3. The molecule has 0 bridgehead atoms. The third-order valence-electron chi connectivity index (χ3n) is 4.13. The number of fused-ring (bicyclic) bond motifs is 1. The van der Waals surface area contributed by atoms with E-state index in [9.17, 15) is 16.8 Å². The minimum absolute atomic E-state index is 0.00106. The number of nitrogens with zero attached hydrogens (tertiary/aromatic N) is 1. The molecule has 5 nitrogen and oxygen atoms in total. The van der Waals surface area contributed by atoms with Crippen molar-refractivity contribution in [2.45, 2.75) is 29.6 Å². The first-order valence-electron chi connectivity index (χ1n) is 7.62. The Morgan fingerprint density at radius 3 is 2.38 bits per heavy atom. The number of rotatable bonds is 3. The summed E-state index contributed by atoms with van der Waals surface area (Å²) in [5.41, 5.74) is 2.77. The molecule has 128 valence electrons. The quantitative estimate of drug-likeness (QED) is 0.838. The normalized spacial score (nSPS) is 15.2. The average molecular weight is 365 g/mol. The summed E-state index contributed by atoms with van der Waals surface area (Å²) in [6.07, 6.45) is 2.64. The van der Waals surface area contributed by atoms with E-state index in [1.807, 2.05) is 25.1 Å². The summed E-state index contributed by atoms with van der Waals surface area (Å²) in [6, 6.07) is 11.2. The zero-order chi connectivity index (χ0) is 17.5. The van der Waals surface area contributed by atoms with E-state index in [4.69, 9.17) is 0 Å². The van der Waals surface area contributed by atoms with Crippen LogP contribution in [0.4, 0.5) is 5.69 Å². The fourth-order valence-corrected chi connectivity index (χ4v) is 5.26. The third kappa shape index (κ3) is 3.06. The van der Waals surface area contributed by atoms with Gasteiger partial charge in [0.15, 0.2) is 9.84 Å². The molecule has 0 amide bonds. The second-order valence-electron chi connectivity index (χ2n) is 6.06. The van der Waals surface area contributed by atoms with Crippen LogP contribution in [0.3, 0.4) is 0 Å². The maximum Gasteiger partial charge on any atom is 0.264 e. The molecular formula is C17H19NO4S2. The van der Waals surface area contributed by atoms with E-state index in [-0.39, 0.29) is 9.79 Å². The lowest BCUT2D eigenvalue weighted by Gasteiger charge is -2.30. The highest BCUT2D eigenvalue weighted by molar-refractivity contribution is 7.93. The molecule has 0 radical (unpaired) electrons. The van der Waals surface area contributed by atoms with Crippen LogP contribution in [0.25, 0.3) is 0 Å². The SMILES string of the molecule is Cc1ccc2c(c1)CCCN2S(=O)(=O)c1cccc(S(C)(=O)=O)c1. The van der Waals surface area contributed by atoms with Crippen molar-refractivity contribution in [1.82, 2.24) is 0 Å². The van der Waals surface area contributed by atoms with Crippen LogP contribution in [-0.4, -0.2) is 29.6 Å². The predicted octanol–water partition coefficient (Wildman–Crippen LogP) is 2.54. The van der Waals surface area contributed by atoms with Crippen molar-refractivity contribution < 1.29 is 16.8 Å². The van der Waals surface area contributed by atoms with Crippen molar-refractivity contribution in [2.75, 3.05) is 17.1 Å². The Balaban J connectivity index is 2.11. The van der Waals surface area contributed by atoms with Gasteiger partial charge in [0.05, 0.1) is 15.5 Å². The number of hydrogen-bond donors (Lipinski definition) is 0. The number of aryl methyl sites for hydroxylation is 2. The first-order chi connectivity index (χ1) is 11.2. The van der Waals surface area contributed by atoms with E-state index >= 15 is 0 Å². The highest BCUT2D eigenvalue weighted by Crippen LogP contribution is 2.33. The Labute approximate surface area is 142 Å². The maximum atomic E-state index is 13.0. The molecule has 0 saturated carbocycles. The average Bonchev–Trinajstić information content (AvgIpc) is 2.53. The lowest BCUT2D eigenvalue weighted by Crippen LogP contribution is -2.35. The van der Waals surface area contributed by atoms with Gasteiger partial charge in [0.1, 0.15) is 0 Å². The minimum atomic E-state index is -3.80. The van der Waals surface area contributed by atoms with Crippen molar-refractivity contribution in [3.8, 4) is 0 Å². The molecule has 1 aliphatic heterocycles. The van der Waals surface area contributed by atoms with Crippen molar-refractivity contribution in [1.29, 1.82) is 0 Å². The van der Waals surface area contributed by atoms with Crippen LogP contribution >= 0.6 is 0 Å². The summed E-state index contributed by atoms with van der Waals surface area (Å²) in [5, 5.41) is 0. The monoisotopic (exact) mass is 365 g/mol. The molecule has 7 heteroatoms. The molecule has 2 aromatic rings. The summed E-state index contributed by atoms with van der Waals surface area (Å²) < 4.78 is 50.9. The number of hydrogen-bond acceptors (Lipinski definition) is 4. The van der Waals surface area contributed by atoms with Gasteiger partial charge in [-0.3, -0.25) is 4.31 Å². The van der Waals surface area contributed by atoms with Gasteiger partial charge in [-0.15, -0.1) is 0 Å². The van der Waals surface area contributed by atoms with E-state index in [0.29, 0.717) is 12.2 Å². The first kappa shape index (κ1) is 17.0. The molecule has 24 heavy (non-hydrogen) atoms. The third-order valence-corrected chi connectivity index (χ3v) is 7.05. The van der Waals surface area contributed by atoms with Gasteiger partial charge < -0.3 is 0 Å². The summed E-state index contributed by atoms with van der Waals surface area (Å²) in [4.78, 5) is 0.00330. The van der Waals surface area contributed by atoms with Crippen LogP contribution < -0.4 is 4.31 Å². The van der Waals surface area contributed by atoms with E-state index in [1.165, 1.54) is 28.6 Å². The largest absolute Gasteiger partial charge is 0.266 e. The molecule has 0 aliphatic carbocycles. The highest BCUT2D eigenvalue weighted by Gasteiger charge is 2.29. The first-order valence-corrected chi connectivity index (χ1v) is 11.0. The van der Waals surface area contributed by atoms with E-state index in [1.54, 1.807) is 0 Å². The highest BCUT2D eigenvalue weighted by atomic mass is 32.2. The topological polar surface area (TPSA) is 71.5 Å². The molecule has 0 N–H and O–H groups in total. The molecule has 0 spiro atoms. The van der Waals surface area contributed by atoms with Gasteiger partial charge in [0.25, 0.3) is 10.0 Å². The van der Waals surface area contributed by atoms with Gasteiger partial charge in [-0.1, -0.05) is 23.8 Å². The fourth-order valence-electron chi connectivity index (χ4n) is 2.93. The van der Waals surface area contributed by atoms with Gasteiger partial charge in [-0.25, -0.2) is 16.8 Å². The second kappa shape index (κ2) is 5.89. The molecule has 0 atom stereocenters. The molecule has 3 rings (SSSR count). The Kier molecular flexibility index (Phi) is 4.17. The number of sulfone groups is 1. The summed E-state index contributed by atoms with van der Waals surface area (Å²) in [5.74, 6) is 0. The Bertz CT molecular complexity index is 995. The lowest BCUT2D eigenvalue weighted by atomic mass is 10.0. The summed E-state index contributed by atoms with van der Waals surface area (Å²) >= 11 is 0. The zero-order valence-corrected chi connectivity index (χ0v) is 15.2. The van der Waals surface area contributed by atoms with Crippen molar-refractivity contribution >= 4 is 25.5 Å². The number of benzene rings is 2. The Morgan fingerprint density at radius 1 is 0.958 bits per heavy atom. The molecule has 0 saturated heterocycles. The molecular weight excluding hydrogens is 346 g/mol. The Morgan fingerprint density at radius 2 is 1.67 bits per heavy atom. The smallest absolute Gasteiger partial charge is 0.264 e. The van der Waals surface area contributed by atoms with Gasteiger partial charge in [0, 0.05) is 12.8 Å². The van der Waals surface area contributed by atoms with Gasteiger partial charge in [0.2, 0.25) is 0 Å². The summed E-state index contributed by atoms with van der Waals surface area (Å²) in [7, 11) is -7.27. The van der Waals surface area contributed by atoms with Crippen LogP contribution in [0.1, 0.15) is 17.5 Å². The van der Waals surface area contributed by atoms with Crippen LogP contribution in [0.15, 0.2) is 52.3 Å².